The molecule has 2 nitrogen and oxygen atoms in total. The minimum Gasteiger partial charge on any atom is -0.254 e. The average molecular weight is 236 g/mol. The van der Waals surface area contributed by atoms with Crippen molar-refractivity contribution in [3.63, 3.8) is 0 Å². The number of hydrogen-bond acceptors (Lipinski definition) is 2. The third kappa shape index (κ3) is 1.42. The molecule has 0 spiro atoms. The first-order valence-corrected chi connectivity index (χ1v) is 6.21. The standard InChI is InChI=1S/C16H16N2/c1-9-7-8-17-15-13(9)5-6-14-11(3)10(2)12(4)18-16(14)15/h5-8H,1-4H3. The van der Waals surface area contributed by atoms with Gasteiger partial charge in [-0.1, -0.05) is 12.1 Å². The second-order valence-corrected chi connectivity index (χ2v) is 4.93. The van der Waals surface area contributed by atoms with Crippen LogP contribution in [-0.2, 0) is 0 Å². The Morgan fingerprint density at radius 1 is 0.778 bits per heavy atom. The quantitative estimate of drug-likeness (QED) is 0.551. The van der Waals surface area contributed by atoms with Gasteiger partial charge in [0.05, 0.1) is 11.0 Å². The Labute approximate surface area is 107 Å². The number of aryl methyl sites for hydroxylation is 3. The summed E-state index contributed by atoms with van der Waals surface area (Å²) in [4.78, 5) is 9.26. The zero-order chi connectivity index (χ0) is 12.9. The molecule has 0 saturated heterocycles. The monoisotopic (exact) mass is 236 g/mol. The molecule has 0 bridgehead atoms. The Hall–Kier alpha value is -1.96. The van der Waals surface area contributed by atoms with Crippen LogP contribution in [0.3, 0.4) is 0 Å². The van der Waals surface area contributed by atoms with Crippen molar-refractivity contribution in [2.45, 2.75) is 27.7 Å². The normalized spacial score (nSPS) is 11.3. The van der Waals surface area contributed by atoms with Gasteiger partial charge in [-0.05, 0) is 50.5 Å². The van der Waals surface area contributed by atoms with Gasteiger partial charge in [-0.25, -0.2) is 0 Å². The van der Waals surface area contributed by atoms with Crippen LogP contribution in [0.5, 0.6) is 0 Å². The second kappa shape index (κ2) is 3.77. The summed E-state index contributed by atoms with van der Waals surface area (Å²) in [6.45, 7) is 8.47. The van der Waals surface area contributed by atoms with Crippen molar-refractivity contribution in [2.75, 3.05) is 0 Å². The van der Waals surface area contributed by atoms with Gasteiger partial charge in [0.25, 0.3) is 0 Å². The molecular formula is C16H16N2. The van der Waals surface area contributed by atoms with E-state index in [9.17, 15) is 0 Å². The van der Waals surface area contributed by atoms with Gasteiger partial charge in [-0.3, -0.25) is 9.97 Å². The number of rotatable bonds is 0. The maximum atomic E-state index is 4.74. The summed E-state index contributed by atoms with van der Waals surface area (Å²) in [5, 5.41) is 2.41. The minimum absolute atomic E-state index is 1.01. The Bertz CT molecular complexity index is 773. The molecule has 0 fully saturated rings. The molecule has 2 aromatic heterocycles. The summed E-state index contributed by atoms with van der Waals surface area (Å²) >= 11 is 0. The van der Waals surface area contributed by atoms with Crippen molar-refractivity contribution in [3.05, 3.63) is 46.8 Å². The van der Waals surface area contributed by atoms with Crippen LogP contribution < -0.4 is 0 Å². The lowest BCUT2D eigenvalue weighted by Crippen LogP contribution is -1.95. The molecule has 18 heavy (non-hydrogen) atoms. The Morgan fingerprint density at radius 2 is 1.50 bits per heavy atom. The van der Waals surface area contributed by atoms with Gasteiger partial charge in [0, 0.05) is 22.7 Å². The van der Waals surface area contributed by atoms with Crippen LogP contribution in [0, 0.1) is 27.7 Å². The summed E-state index contributed by atoms with van der Waals surface area (Å²) in [6, 6.07) is 6.37. The van der Waals surface area contributed by atoms with Crippen LogP contribution in [0.25, 0.3) is 21.8 Å². The Balaban J connectivity index is 2.60. The second-order valence-electron chi connectivity index (χ2n) is 4.93. The molecule has 0 aliphatic rings. The lowest BCUT2D eigenvalue weighted by molar-refractivity contribution is 1.17. The maximum Gasteiger partial charge on any atom is 0.0970 e. The Morgan fingerprint density at radius 3 is 2.28 bits per heavy atom. The van der Waals surface area contributed by atoms with E-state index in [1.54, 1.807) is 0 Å². The highest BCUT2D eigenvalue weighted by atomic mass is 14.8. The van der Waals surface area contributed by atoms with Crippen LogP contribution in [0.15, 0.2) is 24.4 Å². The minimum atomic E-state index is 1.01. The van der Waals surface area contributed by atoms with Gasteiger partial charge in [-0.2, -0.15) is 0 Å². The molecule has 1 aromatic carbocycles. The summed E-state index contributed by atoms with van der Waals surface area (Å²) < 4.78 is 0. The molecule has 2 heterocycles. The SMILES string of the molecule is Cc1nc2c(ccc3c(C)ccnc32)c(C)c1C. The summed E-state index contributed by atoms with van der Waals surface area (Å²) in [7, 11) is 0. The molecule has 0 atom stereocenters. The van der Waals surface area contributed by atoms with E-state index in [4.69, 9.17) is 4.98 Å². The van der Waals surface area contributed by atoms with Crippen LogP contribution >= 0.6 is 0 Å². The number of aromatic nitrogens is 2. The molecule has 3 rings (SSSR count). The highest BCUT2D eigenvalue weighted by Gasteiger charge is 2.10. The van der Waals surface area contributed by atoms with Crippen molar-refractivity contribution in [1.29, 1.82) is 0 Å². The van der Waals surface area contributed by atoms with E-state index in [1.807, 2.05) is 12.3 Å². The van der Waals surface area contributed by atoms with Gasteiger partial charge < -0.3 is 0 Å². The van der Waals surface area contributed by atoms with Gasteiger partial charge >= 0.3 is 0 Å². The molecule has 0 N–H and O–H groups in total. The molecular weight excluding hydrogens is 220 g/mol. The summed E-state index contributed by atoms with van der Waals surface area (Å²) in [5.41, 5.74) is 6.96. The number of fused-ring (bicyclic) bond motifs is 3. The molecule has 0 unspecified atom stereocenters. The molecule has 2 heteroatoms. The molecule has 0 aliphatic heterocycles. The number of nitrogens with zero attached hydrogens (tertiary/aromatic N) is 2. The molecule has 90 valence electrons. The van der Waals surface area contributed by atoms with Gasteiger partial charge in [0.15, 0.2) is 0 Å². The van der Waals surface area contributed by atoms with E-state index >= 15 is 0 Å². The van der Waals surface area contributed by atoms with E-state index in [1.165, 1.54) is 27.5 Å². The number of pyridine rings is 2. The largest absolute Gasteiger partial charge is 0.254 e. The predicted molar refractivity (Wildman–Crippen MR) is 76.0 cm³/mol. The fourth-order valence-corrected chi connectivity index (χ4v) is 2.48. The summed E-state index contributed by atoms with van der Waals surface area (Å²) in [5.74, 6) is 0. The van der Waals surface area contributed by atoms with E-state index in [0.29, 0.717) is 0 Å². The van der Waals surface area contributed by atoms with Crippen LogP contribution in [0.1, 0.15) is 22.4 Å². The zero-order valence-corrected chi connectivity index (χ0v) is 11.2. The highest BCUT2D eigenvalue weighted by Crippen LogP contribution is 2.28. The number of hydrogen-bond donors (Lipinski definition) is 0. The van der Waals surface area contributed by atoms with Crippen LogP contribution in [0.4, 0.5) is 0 Å². The third-order valence-electron chi connectivity index (χ3n) is 3.89. The lowest BCUT2D eigenvalue weighted by atomic mass is 10.00. The molecule has 0 aliphatic carbocycles. The van der Waals surface area contributed by atoms with Crippen molar-refractivity contribution in [1.82, 2.24) is 9.97 Å². The zero-order valence-electron chi connectivity index (χ0n) is 11.2. The first kappa shape index (κ1) is 11.1. The maximum absolute atomic E-state index is 4.74. The first-order valence-electron chi connectivity index (χ1n) is 6.21. The predicted octanol–water partition coefficient (Wildman–Crippen LogP) is 4.02. The fourth-order valence-electron chi connectivity index (χ4n) is 2.48. The van der Waals surface area contributed by atoms with Crippen molar-refractivity contribution in [2.24, 2.45) is 0 Å². The molecule has 0 amide bonds. The number of benzene rings is 1. The van der Waals surface area contributed by atoms with Gasteiger partial charge in [-0.15, -0.1) is 0 Å². The van der Waals surface area contributed by atoms with Crippen molar-refractivity contribution in [3.8, 4) is 0 Å². The van der Waals surface area contributed by atoms with E-state index in [0.717, 1.165) is 16.7 Å². The van der Waals surface area contributed by atoms with Gasteiger partial charge in [0.2, 0.25) is 0 Å². The third-order valence-corrected chi connectivity index (χ3v) is 3.89. The van der Waals surface area contributed by atoms with Gasteiger partial charge in [0.1, 0.15) is 0 Å². The average Bonchev–Trinajstić information content (AvgIpc) is 2.36. The van der Waals surface area contributed by atoms with Crippen molar-refractivity contribution < 1.29 is 0 Å². The molecule has 3 aromatic rings. The van der Waals surface area contributed by atoms with E-state index < -0.39 is 0 Å². The van der Waals surface area contributed by atoms with Crippen molar-refractivity contribution >= 4 is 21.8 Å². The van der Waals surface area contributed by atoms with Crippen LogP contribution in [-0.4, -0.2) is 9.97 Å². The van der Waals surface area contributed by atoms with Crippen LogP contribution in [0.2, 0.25) is 0 Å². The smallest absolute Gasteiger partial charge is 0.0970 e. The Kier molecular flexibility index (Phi) is 2.34. The topological polar surface area (TPSA) is 25.8 Å². The van der Waals surface area contributed by atoms with E-state index in [2.05, 4.69) is 44.8 Å². The highest BCUT2D eigenvalue weighted by molar-refractivity contribution is 6.05. The molecule has 0 saturated carbocycles. The molecule has 0 radical (unpaired) electrons. The lowest BCUT2D eigenvalue weighted by Gasteiger charge is -2.11. The van der Waals surface area contributed by atoms with E-state index in [-0.39, 0.29) is 0 Å². The fraction of sp³-hybridized carbons (Fsp3) is 0.250. The first-order chi connectivity index (χ1) is 8.59. The summed E-state index contributed by atoms with van der Waals surface area (Å²) in [6.07, 6.45) is 1.86.